The van der Waals surface area contributed by atoms with Crippen molar-refractivity contribution in [2.45, 2.75) is 0 Å². The zero-order valence-corrected chi connectivity index (χ0v) is 6.75. The molecule has 0 aliphatic carbocycles. The van der Waals surface area contributed by atoms with Crippen LogP contribution in [0.2, 0.25) is 0 Å². The van der Waals surface area contributed by atoms with Crippen molar-refractivity contribution in [3.8, 4) is 0 Å². The summed E-state index contributed by atoms with van der Waals surface area (Å²) in [7, 11) is 0. The molecular weight excluding hydrogens is 188 g/mol. The highest BCUT2D eigenvalue weighted by molar-refractivity contribution is 5.83. The summed E-state index contributed by atoms with van der Waals surface area (Å²) >= 11 is 0. The highest BCUT2D eigenvalue weighted by Crippen LogP contribution is 2.22. The fraction of sp³-hybridized carbons (Fsp3) is 0. The van der Waals surface area contributed by atoms with Gasteiger partial charge in [-0.1, -0.05) is 5.11 Å². The van der Waals surface area contributed by atoms with Gasteiger partial charge in [0.25, 0.3) is 5.69 Å². The Kier molecular flexibility index (Phi) is 2.78. The Morgan fingerprint density at radius 3 is 2.79 bits per heavy atom. The molecule has 0 saturated carbocycles. The standard InChI is InChI=1S/C7H3N4O3/c8-10-9-6-1-2-7(11(13)14)5(3-6)4-12/h1-3H. The number of azide groups is 1. The van der Waals surface area contributed by atoms with Gasteiger partial charge in [0, 0.05) is 16.7 Å². The molecule has 0 heterocycles. The van der Waals surface area contributed by atoms with E-state index in [9.17, 15) is 14.9 Å². The Bertz CT molecular complexity index is 437. The number of rotatable bonds is 3. The highest BCUT2D eigenvalue weighted by atomic mass is 16.6. The van der Waals surface area contributed by atoms with Gasteiger partial charge >= 0.3 is 0 Å². The summed E-state index contributed by atoms with van der Waals surface area (Å²) in [5.41, 5.74) is 7.62. The zero-order valence-electron chi connectivity index (χ0n) is 6.75. The lowest BCUT2D eigenvalue weighted by molar-refractivity contribution is -0.385. The van der Waals surface area contributed by atoms with E-state index < -0.39 is 4.92 Å². The molecule has 1 aromatic rings. The van der Waals surface area contributed by atoms with Crippen LogP contribution in [0.5, 0.6) is 0 Å². The van der Waals surface area contributed by atoms with Crippen molar-refractivity contribution >= 4 is 17.7 Å². The van der Waals surface area contributed by atoms with Crippen molar-refractivity contribution in [2.24, 2.45) is 5.11 Å². The van der Waals surface area contributed by atoms with Crippen molar-refractivity contribution in [3.63, 3.8) is 0 Å². The average molecular weight is 191 g/mol. The Hall–Kier alpha value is -2.40. The Morgan fingerprint density at radius 2 is 2.29 bits per heavy atom. The summed E-state index contributed by atoms with van der Waals surface area (Å²) in [6.45, 7) is 0. The van der Waals surface area contributed by atoms with Crippen molar-refractivity contribution < 1.29 is 9.72 Å². The minimum atomic E-state index is -0.708. The van der Waals surface area contributed by atoms with E-state index in [0.29, 0.717) is 0 Å². The third kappa shape index (κ3) is 1.85. The number of benzene rings is 1. The summed E-state index contributed by atoms with van der Waals surface area (Å²) in [4.78, 5) is 22.5. The molecule has 0 aliphatic heterocycles. The van der Waals surface area contributed by atoms with E-state index in [1.165, 1.54) is 12.4 Å². The molecule has 0 saturated heterocycles. The quantitative estimate of drug-likeness (QED) is 0.239. The number of nitro groups is 1. The van der Waals surface area contributed by atoms with Crippen LogP contribution in [0.25, 0.3) is 10.4 Å². The summed E-state index contributed by atoms with van der Waals surface area (Å²) in [5, 5.41) is 13.6. The normalized spacial score (nSPS) is 8.86. The van der Waals surface area contributed by atoms with Crippen molar-refractivity contribution in [2.75, 3.05) is 0 Å². The van der Waals surface area contributed by atoms with E-state index in [4.69, 9.17) is 5.53 Å². The second-order valence-corrected chi connectivity index (χ2v) is 2.25. The first-order valence-corrected chi connectivity index (χ1v) is 3.40. The lowest BCUT2D eigenvalue weighted by Crippen LogP contribution is -1.93. The van der Waals surface area contributed by atoms with Gasteiger partial charge in [-0.05, 0) is 17.7 Å². The summed E-state index contributed by atoms with van der Waals surface area (Å²) < 4.78 is 0. The molecule has 1 rings (SSSR count). The first kappa shape index (κ1) is 9.69. The molecule has 0 bridgehead atoms. The molecule has 0 aromatic heterocycles. The fourth-order valence-corrected chi connectivity index (χ4v) is 0.879. The number of carbonyl (C=O) groups excluding carboxylic acids is 1. The molecule has 7 heteroatoms. The van der Waals surface area contributed by atoms with Crippen LogP contribution in [0.1, 0.15) is 5.56 Å². The minimum Gasteiger partial charge on any atom is -0.285 e. The smallest absolute Gasteiger partial charge is 0.280 e. The molecule has 0 aliphatic rings. The number of nitro benzene ring substituents is 1. The molecule has 0 unspecified atom stereocenters. The van der Waals surface area contributed by atoms with Gasteiger partial charge < -0.3 is 0 Å². The monoisotopic (exact) mass is 191 g/mol. The molecule has 14 heavy (non-hydrogen) atoms. The molecule has 0 atom stereocenters. The van der Waals surface area contributed by atoms with Crippen molar-refractivity contribution in [1.82, 2.24) is 0 Å². The second-order valence-electron chi connectivity index (χ2n) is 2.25. The van der Waals surface area contributed by atoms with E-state index in [0.717, 1.165) is 12.1 Å². The minimum absolute atomic E-state index is 0.136. The lowest BCUT2D eigenvalue weighted by Gasteiger charge is -1.95. The number of nitrogens with zero attached hydrogens (tertiary/aromatic N) is 4. The third-order valence-corrected chi connectivity index (χ3v) is 1.45. The van der Waals surface area contributed by atoms with Gasteiger partial charge in [0.2, 0.25) is 6.29 Å². The molecule has 1 aromatic carbocycles. The molecule has 69 valence electrons. The van der Waals surface area contributed by atoms with Crippen LogP contribution < -0.4 is 0 Å². The van der Waals surface area contributed by atoms with E-state index in [-0.39, 0.29) is 16.9 Å². The summed E-state index contributed by atoms with van der Waals surface area (Å²) in [6, 6.07) is 3.44. The number of hydrogen-bond acceptors (Lipinski definition) is 4. The van der Waals surface area contributed by atoms with Gasteiger partial charge in [-0.2, -0.15) is 0 Å². The molecule has 1 radical (unpaired) electrons. The molecule has 0 N–H and O–H groups in total. The van der Waals surface area contributed by atoms with Crippen molar-refractivity contribution in [1.29, 1.82) is 0 Å². The third-order valence-electron chi connectivity index (χ3n) is 1.45. The molecule has 0 fully saturated rings. The van der Waals surface area contributed by atoms with E-state index in [1.54, 1.807) is 0 Å². The van der Waals surface area contributed by atoms with Gasteiger partial charge in [-0.25, -0.2) is 0 Å². The maximum absolute atomic E-state index is 10.4. The predicted octanol–water partition coefficient (Wildman–Crippen LogP) is 1.99. The van der Waals surface area contributed by atoms with E-state index in [1.807, 2.05) is 0 Å². The van der Waals surface area contributed by atoms with Crippen LogP contribution in [0.15, 0.2) is 23.3 Å². The molecule has 0 amide bonds. The largest absolute Gasteiger partial charge is 0.285 e. The lowest BCUT2D eigenvalue weighted by atomic mass is 10.2. The van der Waals surface area contributed by atoms with Crippen LogP contribution in [0.4, 0.5) is 11.4 Å². The maximum atomic E-state index is 10.4. The van der Waals surface area contributed by atoms with Gasteiger partial charge in [0.15, 0.2) is 0 Å². The van der Waals surface area contributed by atoms with E-state index >= 15 is 0 Å². The molecule has 0 spiro atoms. The van der Waals surface area contributed by atoms with Gasteiger partial charge in [-0.3, -0.25) is 14.9 Å². The van der Waals surface area contributed by atoms with Crippen LogP contribution in [0.3, 0.4) is 0 Å². The van der Waals surface area contributed by atoms with E-state index in [2.05, 4.69) is 10.0 Å². The zero-order chi connectivity index (χ0) is 10.6. The fourth-order valence-electron chi connectivity index (χ4n) is 0.879. The maximum Gasteiger partial charge on any atom is 0.280 e. The van der Waals surface area contributed by atoms with Gasteiger partial charge in [0.1, 0.15) is 5.56 Å². The first-order valence-electron chi connectivity index (χ1n) is 3.40. The number of hydrogen-bond donors (Lipinski definition) is 0. The predicted molar refractivity (Wildman–Crippen MR) is 46.7 cm³/mol. The topological polar surface area (TPSA) is 109 Å². The van der Waals surface area contributed by atoms with Crippen LogP contribution in [0, 0.1) is 10.1 Å². The van der Waals surface area contributed by atoms with Crippen LogP contribution in [-0.4, -0.2) is 11.2 Å². The highest BCUT2D eigenvalue weighted by Gasteiger charge is 2.13. The van der Waals surface area contributed by atoms with Crippen LogP contribution >= 0.6 is 0 Å². The van der Waals surface area contributed by atoms with Gasteiger partial charge in [0.05, 0.1) is 4.92 Å². The first-order chi connectivity index (χ1) is 6.69. The summed E-state index contributed by atoms with van der Waals surface area (Å²) in [5.74, 6) is 0. The Balaban J connectivity index is 3.31. The molecule has 7 nitrogen and oxygen atoms in total. The molecular formula is C7H3N4O3. The second kappa shape index (κ2) is 4.01. The summed E-state index contributed by atoms with van der Waals surface area (Å²) in [6.07, 6.45) is 1.40. The SMILES string of the molecule is [N-]=[N+]=Nc1ccc([N+](=O)[O-])c([C]=O)c1. The average Bonchev–Trinajstić information content (AvgIpc) is 2.17. The van der Waals surface area contributed by atoms with Gasteiger partial charge in [-0.15, -0.1) is 0 Å². The van der Waals surface area contributed by atoms with Crippen LogP contribution in [-0.2, 0) is 4.79 Å². The Morgan fingerprint density at radius 1 is 1.57 bits per heavy atom. The van der Waals surface area contributed by atoms with Crippen molar-refractivity contribution in [3.05, 3.63) is 44.3 Å². The Labute approximate surface area is 77.7 Å².